The molecule has 1 aliphatic rings. The molecule has 2 heterocycles. The molecule has 1 unspecified atom stereocenters. The van der Waals surface area contributed by atoms with Crippen LogP contribution in [0.25, 0.3) is 22.6 Å². The van der Waals surface area contributed by atoms with Crippen LogP contribution in [-0.4, -0.2) is 41.9 Å². The van der Waals surface area contributed by atoms with Crippen molar-refractivity contribution in [2.45, 2.75) is 26.3 Å². The summed E-state index contributed by atoms with van der Waals surface area (Å²) >= 11 is 0. The fourth-order valence-corrected chi connectivity index (χ4v) is 4.85. The molecule has 0 spiro atoms. The van der Waals surface area contributed by atoms with Gasteiger partial charge in [-0.05, 0) is 66.8 Å². The Morgan fingerprint density at radius 2 is 1.78 bits per heavy atom. The summed E-state index contributed by atoms with van der Waals surface area (Å²) in [5.74, 6) is 1.49. The predicted octanol–water partition coefficient (Wildman–Crippen LogP) is 5.31. The molecule has 7 nitrogen and oxygen atoms in total. The Kier molecular flexibility index (Phi) is 7.21. The Balaban J connectivity index is 1.16. The van der Waals surface area contributed by atoms with Gasteiger partial charge in [-0.1, -0.05) is 37.3 Å². The van der Waals surface area contributed by atoms with Crippen molar-refractivity contribution in [1.29, 1.82) is 0 Å². The molecule has 190 valence electrons. The standard InChI is InChI=1S/C30H31N3O4/c1-20(28(34)31-19-21-8-11-25(36-2)12-9-21)22-14-16-33(17-15-22)30(35)24-10-13-26-27(18-24)37-29(32-26)23-6-4-3-5-7-23/h3-13,18,20,22H,14-17,19H2,1-2H3,(H,31,34). The van der Waals surface area contributed by atoms with Gasteiger partial charge in [0.2, 0.25) is 11.8 Å². The van der Waals surface area contributed by atoms with Crippen molar-refractivity contribution in [2.24, 2.45) is 11.8 Å². The fraction of sp³-hybridized carbons (Fsp3) is 0.300. The summed E-state index contributed by atoms with van der Waals surface area (Å²) in [6.07, 6.45) is 1.59. The molecule has 1 fully saturated rings. The number of carbonyl (C=O) groups is 2. The minimum atomic E-state index is -0.113. The first-order chi connectivity index (χ1) is 18.0. The van der Waals surface area contributed by atoms with Gasteiger partial charge in [0.15, 0.2) is 5.58 Å². The number of aromatic nitrogens is 1. The zero-order chi connectivity index (χ0) is 25.8. The van der Waals surface area contributed by atoms with E-state index in [-0.39, 0.29) is 23.7 Å². The van der Waals surface area contributed by atoms with Gasteiger partial charge < -0.3 is 19.4 Å². The van der Waals surface area contributed by atoms with E-state index in [4.69, 9.17) is 9.15 Å². The normalized spacial score (nSPS) is 14.9. The maximum atomic E-state index is 13.2. The molecule has 1 atom stereocenters. The molecule has 1 aliphatic heterocycles. The van der Waals surface area contributed by atoms with Crippen LogP contribution in [0.5, 0.6) is 5.75 Å². The minimum Gasteiger partial charge on any atom is -0.497 e. The predicted molar refractivity (Wildman–Crippen MR) is 142 cm³/mol. The molecule has 2 amide bonds. The SMILES string of the molecule is COc1ccc(CNC(=O)C(C)C2CCN(C(=O)c3ccc4nc(-c5ccccc5)oc4c3)CC2)cc1. The lowest BCUT2D eigenvalue weighted by Crippen LogP contribution is -2.42. The Morgan fingerprint density at radius 1 is 1.05 bits per heavy atom. The van der Waals surface area contributed by atoms with Crippen LogP contribution >= 0.6 is 0 Å². The lowest BCUT2D eigenvalue weighted by atomic mass is 9.84. The highest BCUT2D eigenvalue weighted by Gasteiger charge is 2.30. The summed E-state index contributed by atoms with van der Waals surface area (Å²) in [6, 6.07) is 22.8. The number of methoxy groups -OCH3 is 1. The van der Waals surface area contributed by atoms with E-state index in [0.29, 0.717) is 36.7 Å². The van der Waals surface area contributed by atoms with Crippen molar-refractivity contribution in [3.05, 3.63) is 83.9 Å². The molecular formula is C30H31N3O4. The molecule has 1 saturated heterocycles. The van der Waals surface area contributed by atoms with Crippen molar-refractivity contribution in [3.8, 4) is 17.2 Å². The average molecular weight is 498 g/mol. The number of piperidine rings is 1. The monoisotopic (exact) mass is 497 g/mol. The van der Waals surface area contributed by atoms with Crippen LogP contribution in [0, 0.1) is 11.8 Å². The first-order valence-corrected chi connectivity index (χ1v) is 12.7. The van der Waals surface area contributed by atoms with E-state index in [1.165, 1.54) is 0 Å². The summed E-state index contributed by atoms with van der Waals surface area (Å²) in [5, 5.41) is 3.05. The topological polar surface area (TPSA) is 84.7 Å². The molecule has 1 aromatic heterocycles. The minimum absolute atomic E-state index is 0.0189. The maximum Gasteiger partial charge on any atom is 0.253 e. The molecule has 7 heteroatoms. The Hall–Kier alpha value is -4.13. The van der Waals surface area contributed by atoms with Gasteiger partial charge in [0.25, 0.3) is 5.91 Å². The molecule has 5 rings (SSSR count). The molecule has 4 aromatic rings. The number of likely N-dealkylation sites (tertiary alicyclic amines) is 1. The van der Waals surface area contributed by atoms with Crippen LogP contribution in [0.1, 0.15) is 35.7 Å². The zero-order valence-electron chi connectivity index (χ0n) is 21.1. The number of nitrogens with zero attached hydrogens (tertiary/aromatic N) is 2. The number of amides is 2. The second-order valence-corrected chi connectivity index (χ2v) is 9.55. The average Bonchev–Trinajstić information content (AvgIpc) is 3.39. The quantitative estimate of drug-likeness (QED) is 0.374. The lowest BCUT2D eigenvalue weighted by molar-refractivity contribution is -0.126. The Bertz CT molecular complexity index is 1370. The van der Waals surface area contributed by atoms with Crippen molar-refractivity contribution < 1.29 is 18.7 Å². The Labute approximate surface area is 216 Å². The van der Waals surface area contributed by atoms with Gasteiger partial charge in [0.05, 0.1) is 7.11 Å². The molecule has 0 saturated carbocycles. The molecule has 0 aliphatic carbocycles. The van der Waals surface area contributed by atoms with E-state index in [0.717, 1.165) is 35.2 Å². The van der Waals surface area contributed by atoms with Crippen molar-refractivity contribution in [1.82, 2.24) is 15.2 Å². The van der Waals surface area contributed by atoms with Gasteiger partial charge in [0.1, 0.15) is 11.3 Å². The number of nitrogens with one attached hydrogen (secondary N) is 1. The molecule has 0 radical (unpaired) electrons. The van der Waals surface area contributed by atoms with E-state index in [1.54, 1.807) is 13.2 Å². The third-order valence-electron chi connectivity index (χ3n) is 7.23. The number of benzene rings is 3. The summed E-state index contributed by atoms with van der Waals surface area (Å²) in [4.78, 5) is 32.4. The zero-order valence-corrected chi connectivity index (χ0v) is 21.1. The van der Waals surface area contributed by atoms with E-state index in [9.17, 15) is 9.59 Å². The van der Waals surface area contributed by atoms with Crippen molar-refractivity contribution >= 4 is 22.9 Å². The largest absolute Gasteiger partial charge is 0.497 e. The smallest absolute Gasteiger partial charge is 0.253 e. The van der Waals surface area contributed by atoms with Gasteiger partial charge >= 0.3 is 0 Å². The van der Waals surface area contributed by atoms with Crippen LogP contribution in [0.4, 0.5) is 0 Å². The van der Waals surface area contributed by atoms with Gasteiger partial charge in [-0.2, -0.15) is 0 Å². The molecule has 37 heavy (non-hydrogen) atoms. The van der Waals surface area contributed by atoms with Gasteiger partial charge in [-0.3, -0.25) is 9.59 Å². The van der Waals surface area contributed by atoms with Gasteiger partial charge in [0, 0.05) is 36.7 Å². The van der Waals surface area contributed by atoms with Gasteiger partial charge in [-0.25, -0.2) is 4.98 Å². The van der Waals surface area contributed by atoms with Crippen LogP contribution in [0.2, 0.25) is 0 Å². The molecule has 1 N–H and O–H groups in total. The van der Waals surface area contributed by atoms with Crippen LogP contribution in [-0.2, 0) is 11.3 Å². The third-order valence-corrected chi connectivity index (χ3v) is 7.23. The van der Waals surface area contributed by atoms with Crippen LogP contribution < -0.4 is 10.1 Å². The molecule has 3 aromatic carbocycles. The fourth-order valence-electron chi connectivity index (χ4n) is 4.85. The number of fused-ring (bicyclic) bond motifs is 1. The summed E-state index contributed by atoms with van der Waals surface area (Å²) in [5.41, 5.74) is 3.84. The summed E-state index contributed by atoms with van der Waals surface area (Å²) in [7, 11) is 1.63. The second kappa shape index (κ2) is 10.9. The van der Waals surface area contributed by atoms with Gasteiger partial charge in [-0.15, -0.1) is 0 Å². The van der Waals surface area contributed by atoms with E-state index in [2.05, 4.69) is 10.3 Å². The first kappa shape index (κ1) is 24.6. The van der Waals surface area contributed by atoms with E-state index >= 15 is 0 Å². The number of hydrogen-bond donors (Lipinski definition) is 1. The lowest BCUT2D eigenvalue weighted by Gasteiger charge is -2.34. The number of carbonyl (C=O) groups excluding carboxylic acids is 2. The molecular weight excluding hydrogens is 466 g/mol. The van der Waals surface area contributed by atoms with E-state index < -0.39 is 0 Å². The number of rotatable bonds is 7. The highest BCUT2D eigenvalue weighted by Crippen LogP contribution is 2.28. The summed E-state index contributed by atoms with van der Waals surface area (Å²) in [6.45, 7) is 3.72. The first-order valence-electron chi connectivity index (χ1n) is 12.7. The third kappa shape index (κ3) is 5.50. The molecule has 0 bridgehead atoms. The van der Waals surface area contributed by atoms with E-state index in [1.807, 2.05) is 78.6 Å². The Morgan fingerprint density at radius 3 is 2.49 bits per heavy atom. The highest BCUT2D eigenvalue weighted by molar-refractivity contribution is 5.97. The number of oxazole rings is 1. The number of hydrogen-bond acceptors (Lipinski definition) is 5. The van der Waals surface area contributed by atoms with Crippen molar-refractivity contribution in [2.75, 3.05) is 20.2 Å². The maximum absolute atomic E-state index is 13.2. The van der Waals surface area contributed by atoms with Crippen LogP contribution in [0.3, 0.4) is 0 Å². The highest BCUT2D eigenvalue weighted by atomic mass is 16.5. The van der Waals surface area contributed by atoms with Crippen LogP contribution in [0.15, 0.2) is 77.2 Å². The van der Waals surface area contributed by atoms with Crippen molar-refractivity contribution in [3.63, 3.8) is 0 Å². The number of ether oxygens (including phenoxy) is 1. The summed E-state index contributed by atoms with van der Waals surface area (Å²) < 4.78 is 11.1. The second-order valence-electron chi connectivity index (χ2n) is 9.55.